The van der Waals surface area contributed by atoms with E-state index in [9.17, 15) is 4.79 Å². The van der Waals surface area contributed by atoms with Gasteiger partial charge in [0.25, 0.3) is 0 Å². The highest BCUT2D eigenvalue weighted by Crippen LogP contribution is 2.47. The molecular formula is C27H21ClN4O5S. The third kappa shape index (κ3) is 4.64. The Morgan fingerprint density at radius 1 is 1.18 bits per heavy atom. The van der Waals surface area contributed by atoms with Gasteiger partial charge in [-0.1, -0.05) is 29.8 Å². The molecule has 3 heterocycles. The zero-order valence-electron chi connectivity index (χ0n) is 20.4. The molecule has 6 rings (SSSR count). The number of methoxy groups -OCH3 is 1. The number of carbonyl (C=O) groups is 1. The molecule has 0 fully saturated rings. The molecule has 0 radical (unpaired) electrons. The second-order valence-electron chi connectivity index (χ2n) is 8.62. The number of carbonyl (C=O) groups excluding carboxylic acids is 1. The summed E-state index contributed by atoms with van der Waals surface area (Å²) < 4.78 is 23.5. The molecule has 0 saturated heterocycles. The monoisotopic (exact) mass is 548 g/mol. The first kappa shape index (κ1) is 24.2. The van der Waals surface area contributed by atoms with Crippen molar-refractivity contribution in [1.82, 2.24) is 15.0 Å². The molecule has 0 saturated carbocycles. The molecule has 1 aliphatic heterocycles. The molecule has 1 amide bonds. The molecular weight excluding hydrogens is 528 g/mol. The molecule has 1 aliphatic rings. The number of hydrogen-bond acceptors (Lipinski definition) is 9. The van der Waals surface area contributed by atoms with Gasteiger partial charge in [-0.2, -0.15) is 0 Å². The molecule has 11 heteroatoms. The Labute approximate surface area is 226 Å². The lowest BCUT2D eigenvalue weighted by Gasteiger charge is -2.26. The average molecular weight is 549 g/mol. The second-order valence-corrected chi connectivity index (χ2v) is 10.0. The highest BCUT2D eigenvalue weighted by Gasteiger charge is 2.28. The highest BCUT2D eigenvalue weighted by molar-refractivity contribution is 7.22. The third-order valence-electron chi connectivity index (χ3n) is 5.88. The average Bonchev–Trinajstić information content (AvgIpc) is 3.38. The number of benzene rings is 3. The van der Waals surface area contributed by atoms with Crippen LogP contribution in [0.3, 0.4) is 0 Å². The molecule has 0 spiro atoms. The Bertz CT molecular complexity index is 1680. The van der Waals surface area contributed by atoms with Crippen LogP contribution >= 0.6 is 22.9 Å². The highest BCUT2D eigenvalue weighted by atomic mass is 35.5. The van der Waals surface area contributed by atoms with Gasteiger partial charge in [0.2, 0.25) is 5.88 Å². The van der Waals surface area contributed by atoms with E-state index < -0.39 is 12.2 Å². The van der Waals surface area contributed by atoms with E-state index >= 15 is 0 Å². The van der Waals surface area contributed by atoms with Gasteiger partial charge in [-0.05, 0) is 36.8 Å². The fourth-order valence-corrected chi connectivity index (χ4v) is 5.55. The van der Waals surface area contributed by atoms with Gasteiger partial charge in [0.05, 0.1) is 29.4 Å². The van der Waals surface area contributed by atoms with Crippen LogP contribution in [0.4, 0.5) is 10.5 Å². The number of hydrogen-bond donors (Lipinski definition) is 1. The molecule has 38 heavy (non-hydrogen) atoms. The molecule has 2 aromatic heterocycles. The third-order valence-corrected chi connectivity index (χ3v) is 7.25. The lowest BCUT2D eigenvalue weighted by atomic mass is 10.1. The maximum absolute atomic E-state index is 12.1. The molecule has 0 aliphatic carbocycles. The summed E-state index contributed by atoms with van der Waals surface area (Å²) in [6, 6.07) is 14.7. The van der Waals surface area contributed by atoms with Crippen LogP contribution in [0.5, 0.6) is 17.4 Å². The molecule has 3 aromatic carbocycles. The van der Waals surface area contributed by atoms with Crippen LogP contribution in [0.15, 0.2) is 54.7 Å². The van der Waals surface area contributed by atoms with Gasteiger partial charge in [-0.25, -0.2) is 19.7 Å². The molecule has 5 aromatic rings. The molecule has 1 unspecified atom stereocenters. The van der Waals surface area contributed by atoms with Crippen molar-refractivity contribution in [3.05, 3.63) is 65.3 Å². The van der Waals surface area contributed by atoms with E-state index in [1.807, 2.05) is 37.3 Å². The number of aryl methyl sites for hydroxylation is 1. The summed E-state index contributed by atoms with van der Waals surface area (Å²) in [6.45, 7) is 2.21. The maximum atomic E-state index is 12.1. The number of amides is 1. The topological polar surface area (TPSA) is 105 Å². The zero-order chi connectivity index (χ0) is 26.2. The molecule has 9 nitrogen and oxygen atoms in total. The van der Waals surface area contributed by atoms with Gasteiger partial charge >= 0.3 is 6.09 Å². The van der Waals surface area contributed by atoms with Crippen LogP contribution in [-0.2, 0) is 4.74 Å². The number of halogens is 1. The lowest BCUT2D eigenvalue weighted by Crippen LogP contribution is -2.35. The second kappa shape index (κ2) is 9.96. The van der Waals surface area contributed by atoms with E-state index in [0.29, 0.717) is 44.6 Å². The molecule has 192 valence electrons. The first-order chi connectivity index (χ1) is 18.5. The van der Waals surface area contributed by atoms with Crippen molar-refractivity contribution < 1.29 is 23.7 Å². The number of aromatic nitrogens is 3. The van der Waals surface area contributed by atoms with Gasteiger partial charge in [0.15, 0.2) is 17.6 Å². The Morgan fingerprint density at radius 3 is 2.84 bits per heavy atom. The van der Waals surface area contributed by atoms with E-state index in [1.165, 1.54) is 11.3 Å². The fraction of sp³-hybridized carbons (Fsp3) is 0.185. The Balaban J connectivity index is 1.26. The predicted molar refractivity (Wildman–Crippen MR) is 146 cm³/mol. The zero-order valence-corrected chi connectivity index (χ0v) is 21.9. The van der Waals surface area contributed by atoms with E-state index in [1.54, 1.807) is 31.5 Å². The summed E-state index contributed by atoms with van der Waals surface area (Å²) >= 11 is 8.06. The van der Waals surface area contributed by atoms with Crippen LogP contribution in [0.25, 0.3) is 31.8 Å². The van der Waals surface area contributed by atoms with Crippen molar-refractivity contribution >= 4 is 56.0 Å². The number of rotatable bonds is 5. The van der Waals surface area contributed by atoms with Gasteiger partial charge < -0.3 is 18.9 Å². The molecule has 0 bridgehead atoms. The normalized spacial score (nSPS) is 14.4. The van der Waals surface area contributed by atoms with Crippen molar-refractivity contribution in [3.63, 3.8) is 0 Å². The first-order valence-electron chi connectivity index (χ1n) is 11.7. The lowest BCUT2D eigenvalue weighted by molar-refractivity contribution is 0.0384. The van der Waals surface area contributed by atoms with Crippen LogP contribution < -0.4 is 19.5 Å². The summed E-state index contributed by atoms with van der Waals surface area (Å²) in [6.07, 6.45) is 0.524. The van der Waals surface area contributed by atoms with Crippen molar-refractivity contribution in [2.45, 2.75) is 13.0 Å². The summed E-state index contributed by atoms with van der Waals surface area (Å²) in [5, 5.41) is 3.83. The molecule has 1 N–H and O–H groups in total. The number of nitrogens with one attached hydrogen (secondary N) is 1. The van der Waals surface area contributed by atoms with Crippen LogP contribution in [-0.4, -0.2) is 47.5 Å². The number of thiazole rings is 1. The van der Waals surface area contributed by atoms with Crippen LogP contribution in [0.2, 0.25) is 5.02 Å². The largest absolute Gasteiger partial charge is 0.484 e. The minimum atomic E-state index is -0.572. The quantitative estimate of drug-likeness (QED) is 0.274. The van der Waals surface area contributed by atoms with E-state index in [4.69, 9.17) is 35.5 Å². The first-order valence-corrected chi connectivity index (χ1v) is 12.9. The number of anilines is 1. The summed E-state index contributed by atoms with van der Waals surface area (Å²) in [5.74, 6) is 1.47. The number of para-hydroxylation sites is 1. The fourth-order valence-electron chi connectivity index (χ4n) is 4.16. The van der Waals surface area contributed by atoms with Crippen LogP contribution in [0.1, 0.15) is 5.56 Å². The van der Waals surface area contributed by atoms with Crippen molar-refractivity contribution in [1.29, 1.82) is 0 Å². The van der Waals surface area contributed by atoms with E-state index in [0.717, 1.165) is 20.8 Å². The van der Waals surface area contributed by atoms with Gasteiger partial charge in [-0.15, -0.1) is 11.3 Å². The van der Waals surface area contributed by atoms with Crippen molar-refractivity contribution in [2.75, 3.05) is 25.6 Å². The standard InChI is InChI=1S/C27H21ClN4O5S/c1-14-8-17(22-19(9-14)31-21(34-2)11-29-22)26-32-23-18(28)10-20-24(25(23)38-26)35-12-16(37-20)13-36-27(33)30-15-6-4-3-5-7-15/h3-11,16H,12-13H2,1-2H3,(H,30,33). The Morgan fingerprint density at radius 2 is 2.03 bits per heavy atom. The van der Waals surface area contributed by atoms with Crippen molar-refractivity contribution in [2.24, 2.45) is 0 Å². The predicted octanol–water partition coefficient (Wildman–Crippen LogP) is 6.27. The SMILES string of the molecule is COc1cnc2c(-c3nc4c(Cl)cc5c(c4s3)OCC(COC(=O)Nc3ccccc3)O5)cc(C)cc2n1. The van der Waals surface area contributed by atoms with Gasteiger partial charge in [0.1, 0.15) is 28.4 Å². The smallest absolute Gasteiger partial charge is 0.411 e. The van der Waals surface area contributed by atoms with Crippen molar-refractivity contribution in [3.8, 4) is 28.0 Å². The minimum Gasteiger partial charge on any atom is -0.484 e. The summed E-state index contributed by atoms with van der Waals surface area (Å²) in [4.78, 5) is 26.1. The maximum Gasteiger partial charge on any atom is 0.411 e. The van der Waals surface area contributed by atoms with Crippen LogP contribution in [0, 0.1) is 6.92 Å². The Kier molecular flexibility index (Phi) is 6.34. The summed E-state index contributed by atoms with van der Waals surface area (Å²) in [5.41, 5.74) is 4.54. The Hall–Kier alpha value is -4.15. The van der Waals surface area contributed by atoms with E-state index in [-0.39, 0.29) is 13.2 Å². The number of ether oxygens (including phenoxy) is 4. The van der Waals surface area contributed by atoms with E-state index in [2.05, 4.69) is 15.3 Å². The van der Waals surface area contributed by atoms with Gasteiger partial charge in [-0.3, -0.25) is 5.32 Å². The summed E-state index contributed by atoms with van der Waals surface area (Å²) in [7, 11) is 1.56. The molecule has 1 atom stereocenters. The number of nitrogens with zero attached hydrogens (tertiary/aromatic N) is 3. The van der Waals surface area contributed by atoms with Gasteiger partial charge in [0, 0.05) is 17.3 Å². The minimum absolute atomic E-state index is 0.0130. The number of fused-ring (bicyclic) bond motifs is 4.